The molecule has 0 atom stereocenters. The molecule has 7 nitrogen and oxygen atoms in total. The van der Waals surface area contributed by atoms with Crippen LogP contribution in [0.2, 0.25) is 15.1 Å². The average molecular weight is 424 g/mol. The minimum atomic E-state index is -0.294. The summed E-state index contributed by atoms with van der Waals surface area (Å²) in [5, 5.41) is 17.3. The molecule has 1 N–H and O–H groups in total. The van der Waals surface area contributed by atoms with E-state index in [0.29, 0.717) is 32.0 Å². The van der Waals surface area contributed by atoms with Crippen LogP contribution in [0.4, 0.5) is 0 Å². The predicted molar refractivity (Wildman–Crippen MR) is 105 cm³/mol. The van der Waals surface area contributed by atoms with Crippen LogP contribution in [-0.2, 0) is 11.3 Å². The van der Waals surface area contributed by atoms with Crippen LogP contribution in [0.15, 0.2) is 47.6 Å². The number of hydrogen-bond donors (Lipinski definition) is 1. The van der Waals surface area contributed by atoms with Crippen LogP contribution < -0.4 is 5.43 Å². The van der Waals surface area contributed by atoms with E-state index in [1.807, 2.05) is 12.1 Å². The van der Waals surface area contributed by atoms with Crippen LogP contribution in [0, 0.1) is 0 Å². The van der Waals surface area contributed by atoms with Crippen molar-refractivity contribution in [2.24, 2.45) is 5.10 Å². The Hall–Kier alpha value is -2.48. The minimum absolute atomic E-state index is 0.124. The molecule has 0 aliphatic carbocycles. The highest BCUT2D eigenvalue weighted by Crippen LogP contribution is 2.31. The van der Waals surface area contributed by atoms with Gasteiger partial charge in [0.05, 0.1) is 22.8 Å². The van der Waals surface area contributed by atoms with Gasteiger partial charge in [0.1, 0.15) is 0 Å². The highest BCUT2D eigenvalue weighted by molar-refractivity contribution is 6.43. The van der Waals surface area contributed by atoms with Gasteiger partial charge >= 0.3 is 0 Å². The van der Waals surface area contributed by atoms with Crippen molar-refractivity contribution in [2.45, 2.75) is 13.0 Å². The molecule has 0 bridgehead atoms. The van der Waals surface area contributed by atoms with Crippen LogP contribution in [0.25, 0.3) is 11.4 Å². The first-order valence-corrected chi connectivity index (χ1v) is 8.96. The third-order valence-electron chi connectivity index (χ3n) is 3.48. The van der Waals surface area contributed by atoms with Crippen molar-refractivity contribution < 1.29 is 4.79 Å². The zero-order chi connectivity index (χ0) is 19.2. The summed E-state index contributed by atoms with van der Waals surface area (Å²) in [6.45, 7) is 0.235. The molecule has 2 aromatic carbocycles. The number of carbonyl (C=O) groups excluding carboxylic acids is 1. The third kappa shape index (κ3) is 5.03. The molecule has 1 amide bonds. The van der Waals surface area contributed by atoms with E-state index in [9.17, 15) is 4.79 Å². The number of carbonyl (C=O) groups is 1. The van der Waals surface area contributed by atoms with Crippen LogP contribution in [0.1, 0.15) is 12.0 Å². The number of hydrazone groups is 1. The van der Waals surface area contributed by atoms with Gasteiger partial charge in [-0.05, 0) is 23.4 Å². The van der Waals surface area contributed by atoms with Gasteiger partial charge in [-0.15, -0.1) is 10.2 Å². The molecule has 138 valence electrons. The molecular formula is C17H13Cl3N6O. The Labute approximate surface area is 169 Å². The lowest BCUT2D eigenvalue weighted by Gasteiger charge is -2.01. The van der Waals surface area contributed by atoms with Gasteiger partial charge in [0.15, 0.2) is 0 Å². The largest absolute Gasteiger partial charge is 0.273 e. The Bertz CT molecular complexity index is 988. The van der Waals surface area contributed by atoms with E-state index in [4.69, 9.17) is 34.8 Å². The molecule has 0 saturated heterocycles. The standard InChI is InChI=1S/C17H13Cl3N6O/c18-13-6-2-1-4-11(13)10-21-22-15(27)8-9-26-24-17(23-25-26)12-5-3-7-14(19)16(12)20/h1-7,10H,8-9H2,(H,22,27)/b21-10-. The zero-order valence-corrected chi connectivity index (χ0v) is 16.1. The Kier molecular flexibility index (Phi) is 6.39. The quantitative estimate of drug-likeness (QED) is 0.482. The lowest BCUT2D eigenvalue weighted by atomic mass is 10.2. The molecule has 1 aromatic heterocycles. The Morgan fingerprint density at radius 1 is 1.11 bits per heavy atom. The SMILES string of the molecule is O=C(CCn1nnc(-c2cccc(Cl)c2Cl)n1)N/N=C\c1ccccc1Cl. The molecule has 0 fully saturated rings. The first kappa shape index (κ1) is 19.3. The van der Waals surface area contributed by atoms with Crippen LogP contribution in [0.5, 0.6) is 0 Å². The fourth-order valence-electron chi connectivity index (χ4n) is 2.13. The van der Waals surface area contributed by atoms with Crippen molar-refractivity contribution in [3.8, 4) is 11.4 Å². The number of aryl methyl sites for hydroxylation is 1. The van der Waals surface area contributed by atoms with Crippen molar-refractivity contribution >= 4 is 46.9 Å². The second-order valence-corrected chi connectivity index (χ2v) is 6.57. The first-order chi connectivity index (χ1) is 13.0. The number of nitrogens with one attached hydrogen (secondary N) is 1. The van der Waals surface area contributed by atoms with Crippen molar-refractivity contribution in [3.05, 3.63) is 63.1 Å². The van der Waals surface area contributed by atoms with Crippen LogP contribution in [0.3, 0.4) is 0 Å². The van der Waals surface area contributed by atoms with E-state index in [2.05, 4.69) is 25.9 Å². The molecule has 0 saturated carbocycles. The Morgan fingerprint density at radius 2 is 1.89 bits per heavy atom. The normalized spacial score (nSPS) is 11.1. The molecule has 0 unspecified atom stereocenters. The fourth-order valence-corrected chi connectivity index (χ4v) is 2.70. The van der Waals surface area contributed by atoms with E-state index in [0.717, 1.165) is 0 Å². The summed E-state index contributed by atoms with van der Waals surface area (Å²) in [6, 6.07) is 12.3. The van der Waals surface area contributed by atoms with Gasteiger partial charge in [-0.2, -0.15) is 9.90 Å². The van der Waals surface area contributed by atoms with Crippen LogP contribution in [-0.4, -0.2) is 32.3 Å². The average Bonchev–Trinajstić information content (AvgIpc) is 3.13. The van der Waals surface area contributed by atoms with E-state index >= 15 is 0 Å². The van der Waals surface area contributed by atoms with Crippen molar-refractivity contribution in [3.63, 3.8) is 0 Å². The van der Waals surface area contributed by atoms with Crippen LogP contribution >= 0.6 is 34.8 Å². The number of halogens is 3. The van der Waals surface area contributed by atoms with Crippen molar-refractivity contribution in [1.29, 1.82) is 0 Å². The maximum Gasteiger partial charge on any atom is 0.241 e. The maximum absolute atomic E-state index is 11.9. The molecule has 0 aliphatic rings. The second-order valence-electron chi connectivity index (χ2n) is 5.38. The smallest absolute Gasteiger partial charge is 0.241 e. The number of amides is 1. The molecule has 0 spiro atoms. The number of hydrogen-bond acceptors (Lipinski definition) is 5. The molecule has 3 rings (SSSR count). The van der Waals surface area contributed by atoms with E-state index in [-0.39, 0.29) is 18.9 Å². The fraction of sp³-hybridized carbons (Fsp3) is 0.118. The van der Waals surface area contributed by atoms with Gasteiger partial charge < -0.3 is 0 Å². The number of rotatable bonds is 6. The monoisotopic (exact) mass is 422 g/mol. The Morgan fingerprint density at radius 3 is 2.70 bits per heavy atom. The summed E-state index contributed by atoms with van der Waals surface area (Å²) < 4.78 is 0. The molecule has 10 heteroatoms. The molecule has 3 aromatic rings. The summed E-state index contributed by atoms with van der Waals surface area (Å²) in [4.78, 5) is 13.2. The van der Waals surface area contributed by atoms with E-state index in [1.165, 1.54) is 11.0 Å². The first-order valence-electron chi connectivity index (χ1n) is 7.83. The highest BCUT2D eigenvalue weighted by Gasteiger charge is 2.12. The van der Waals surface area contributed by atoms with Gasteiger partial charge in [-0.25, -0.2) is 5.43 Å². The molecule has 0 aliphatic heterocycles. The lowest BCUT2D eigenvalue weighted by molar-refractivity contribution is -0.121. The highest BCUT2D eigenvalue weighted by atomic mass is 35.5. The minimum Gasteiger partial charge on any atom is -0.273 e. The molecule has 27 heavy (non-hydrogen) atoms. The predicted octanol–water partition coefficient (Wildman–Crippen LogP) is 3.84. The van der Waals surface area contributed by atoms with E-state index in [1.54, 1.807) is 30.3 Å². The third-order valence-corrected chi connectivity index (χ3v) is 4.65. The summed E-state index contributed by atoms with van der Waals surface area (Å²) in [5.74, 6) is 0.0394. The van der Waals surface area contributed by atoms with Crippen molar-refractivity contribution in [1.82, 2.24) is 25.6 Å². The molecule has 0 radical (unpaired) electrons. The maximum atomic E-state index is 11.9. The summed E-state index contributed by atoms with van der Waals surface area (Å²) in [6.07, 6.45) is 1.60. The molecular weight excluding hydrogens is 411 g/mol. The van der Waals surface area contributed by atoms with E-state index < -0.39 is 0 Å². The Balaban J connectivity index is 1.55. The number of nitrogens with zero attached hydrogens (tertiary/aromatic N) is 5. The lowest BCUT2D eigenvalue weighted by Crippen LogP contribution is -2.20. The second kappa shape index (κ2) is 8.94. The van der Waals surface area contributed by atoms with Gasteiger partial charge in [0.25, 0.3) is 0 Å². The van der Waals surface area contributed by atoms with Gasteiger partial charge in [-0.1, -0.05) is 59.1 Å². The summed E-state index contributed by atoms with van der Waals surface area (Å²) in [7, 11) is 0. The number of tetrazole rings is 1. The number of aromatic nitrogens is 4. The van der Waals surface area contributed by atoms with Gasteiger partial charge in [-0.3, -0.25) is 4.79 Å². The number of benzene rings is 2. The topological polar surface area (TPSA) is 85.1 Å². The zero-order valence-electron chi connectivity index (χ0n) is 13.8. The molecule has 1 heterocycles. The summed E-state index contributed by atoms with van der Waals surface area (Å²) >= 11 is 18.1. The van der Waals surface area contributed by atoms with Gasteiger partial charge in [0, 0.05) is 22.6 Å². The summed E-state index contributed by atoms with van der Waals surface area (Å²) in [5.41, 5.74) is 3.71. The van der Waals surface area contributed by atoms with Gasteiger partial charge in [0.2, 0.25) is 11.7 Å². The van der Waals surface area contributed by atoms with Crippen molar-refractivity contribution in [2.75, 3.05) is 0 Å².